The van der Waals surface area contributed by atoms with Crippen molar-refractivity contribution >= 4 is 17.7 Å². The maximum atomic E-state index is 12.6. The zero-order chi connectivity index (χ0) is 19.7. The maximum absolute atomic E-state index is 12.6. The fourth-order valence-electron chi connectivity index (χ4n) is 3.58. The van der Waals surface area contributed by atoms with Gasteiger partial charge in [-0.1, -0.05) is 43.7 Å². The smallest absolute Gasteiger partial charge is 0.261 e. The fraction of sp³-hybridized carbons (Fsp3) is 0.550. The number of aryl methyl sites for hydroxylation is 1. The quantitative estimate of drug-likeness (QED) is 0.763. The molecule has 0 spiro atoms. The molecule has 0 saturated carbocycles. The zero-order valence-corrected chi connectivity index (χ0v) is 16.3. The Kier molecular flexibility index (Phi) is 5.62. The molecule has 2 aliphatic heterocycles. The summed E-state index contributed by atoms with van der Waals surface area (Å²) in [6.07, 6.45) is 0.0262. The minimum atomic E-state index is -0.864. The minimum Gasteiger partial charge on any atom is -0.355 e. The average molecular weight is 373 g/mol. The van der Waals surface area contributed by atoms with Crippen molar-refractivity contribution in [1.29, 1.82) is 0 Å². The summed E-state index contributed by atoms with van der Waals surface area (Å²) in [4.78, 5) is 44.2. The number of hydroxylamine groups is 2. The van der Waals surface area contributed by atoms with Gasteiger partial charge in [0.1, 0.15) is 6.54 Å². The predicted octanol–water partition coefficient (Wildman–Crippen LogP) is 1.43. The van der Waals surface area contributed by atoms with Gasteiger partial charge in [0, 0.05) is 13.6 Å². The van der Waals surface area contributed by atoms with Crippen molar-refractivity contribution in [3.63, 3.8) is 0 Å². The molecule has 0 aliphatic carbocycles. The predicted molar refractivity (Wildman–Crippen MR) is 99.2 cm³/mol. The van der Waals surface area contributed by atoms with Gasteiger partial charge in [-0.15, -0.1) is 0 Å². The molecule has 7 heteroatoms. The highest BCUT2D eigenvalue weighted by Crippen LogP contribution is 2.43. The van der Waals surface area contributed by atoms with Gasteiger partial charge in [0.2, 0.25) is 11.8 Å². The van der Waals surface area contributed by atoms with Gasteiger partial charge in [0.05, 0.1) is 12.0 Å². The van der Waals surface area contributed by atoms with Crippen molar-refractivity contribution in [3.8, 4) is 0 Å². The number of carbonyl (C=O) groups excluding carboxylic acids is 3. The molecule has 27 heavy (non-hydrogen) atoms. The number of rotatable bonds is 6. The molecule has 2 fully saturated rings. The highest BCUT2D eigenvalue weighted by Gasteiger charge is 2.58. The molecule has 0 bridgehead atoms. The van der Waals surface area contributed by atoms with E-state index in [9.17, 15) is 14.4 Å². The van der Waals surface area contributed by atoms with Gasteiger partial charge in [-0.05, 0) is 24.8 Å². The van der Waals surface area contributed by atoms with Crippen LogP contribution in [0.15, 0.2) is 24.3 Å². The second kappa shape index (κ2) is 7.78. The number of hydrogen-bond acceptors (Lipinski definition) is 5. The second-order valence-electron chi connectivity index (χ2n) is 7.75. The van der Waals surface area contributed by atoms with Crippen LogP contribution >= 0.6 is 0 Å². The maximum Gasteiger partial charge on any atom is 0.261 e. The minimum absolute atomic E-state index is 0.0199. The number of amides is 3. The van der Waals surface area contributed by atoms with Crippen LogP contribution in [-0.4, -0.2) is 53.9 Å². The van der Waals surface area contributed by atoms with Crippen LogP contribution in [-0.2, 0) is 19.2 Å². The van der Waals surface area contributed by atoms with E-state index in [0.717, 1.165) is 22.4 Å². The van der Waals surface area contributed by atoms with Gasteiger partial charge in [-0.2, -0.15) is 5.06 Å². The molecule has 3 rings (SSSR count). The summed E-state index contributed by atoms with van der Waals surface area (Å²) in [5, 5.41) is 4.37. The van der Waals surface area contributed by atoms with Crippen LogP contribution in [0.2, 0.25) is 0 Å². The number of likely N-dealkylation sites (N-methyl/N-ethyl adjacent to an activating group) is 1. The molecule has 2 aliphatic rings. The van der Waals surface area contributed by atoms with Crippen LogP contribution in [0, 0.1) is 18.8 Å². The van der Waals surface area contributed by atoms with E-state index in [2.05, 4.69) is 19.2 Å². The van der Waals surface area contributed by atoms with Gasteiger partial charge in [-0.3, -0.25) is 24.1 Å². The van der Waals surface area contributed by atoms with Crippen molar-refractivity contribution in [2.24, 2.45) is 11.8 Å². The van der Waals surface area contributed by atoms with Crippen LogP contribution in [0.1, 0.15) is 37.4 Å². The van der Waals surface area contributed by atoms with E-state index < -0.39 is 18.1 Å². The van der Waals surface area contributed by atoms with E-state index in [1.807, 2.05) is 31.2 Å². The Balaban J connectivity index is 1.80. The second-order valence-corrected chi connectivity index (χ2v) is 7.75. The zero-order valence-electron chi connectivity index (χ0n) is 16.3. The lowest BCUT2D eigenvalue weighted by Crippen LogP contribution is -2.40. The third-order valence-corrected chi connectivity index (χ3v) is 5.18. The summed E-state index contributed by atoms with van der Waals surface area (Å²) in [6.45, 7) is 6.74. The third-order valence-electron chi connectivity index (χ3n) is 5.18. The molecular formula is C20H27N3O4. The van der Waals surface area contributed by atoms with Gasteiger partial charge < -0.3 is 5.32 Å². The standard InChI is InChI=1S/C20H27N3O4/c1-12(2)9-10-21-15(24)11-23-17(14-7-5-13(3)6-8-14)16-18(27-23)20(26)22(4)19(16)25/h5-8,12,16-18H,9-11H2,1-4H3,(H,21,24). The number of nitrogens with zero attached hydrogens (tertiary/aromatic N) is 2. The summed E-state index contributed by atoms with van der Waals surface area (Å²) in [6, 6.07) is 7.29. The Morgan fingerprint density at radius 2 is 1.85 bits per heavy atom. The topological polar surface area (TPSA) is 79.0 Å². The number of imide groups is 1. The van der Waals surface area contributed by atoms with Crippen LogP contribution < -0.4 is 5.32 Å². The van der Waals surface area contributed by atoms with E-state index in [1.54, 1.807) is 0 Å². The van der Waals surface area contributed by atoms with Crippen molar-refractivity contribution in [3.05, 3.63) is 35.4 Å². The van der Waals surface area contributed by atoms with E-state index >= 15 is 0 Å². The molecule has 3 amide bonds. The summed E-state index contributed by atoms with van der Waals surface area (Å²) in [7, 11) is 1.47. The lowest BCUT2D eigenvalue weighted by Gasteiger charge is -2.26. The number of fused-ring (bicyclic) bond motifs is 1. The molecule has 0 radical (unpaired) electrons. The first-order valence-corrected chi connectivity index (χ1v) is 9.37. The molecule has 1 aromatic rings. The van der Waals surface area contributed by atoms with Crippen LogP contribution in [0.3, 0.4) is 0 Å². The normalized spacial score (nSPS) is 25.4. The first-order chi connectivity index (χ1) is 12.8. The summed E-state index contributed by atoms with van der Waals surface area (Å²) < 4.78 is 0. The molecule has 2 heterocycles. The first kappa shape index (κ1) is 19.5. The van der Waals surface area contributed by atoms with Crippen molar-refractivity contribution in [2.45, 2.75) is 39.3 Å². The van der Waals surface area contributed by atoms with E-state index in [0.29, 0.717) is 12.5 Å². The Hall–Kier alpha value is -2.25. The lowest BCUT2D eigenvalue weighted by atomic mass is 9.90. The number of hydrogen-bond donors (Lipinski definition) is 1. The lowest BCUT2D eigenvalue weighted by molar-refractivity contribution is -0.181. The van der Waals surface area contributed by atoms with Gasteiger partial charge in [0.15, 0.2) is 6.10 Å². The van der Waals surface area contributed by atoms with E-state index in [-0.39, 0.29) is 24.3 Å². The first-order valence-electron chi connectivity index (χ1n) is 9.37. The number of likely N-dealkylation sites (tertiary alicyclic amines) is 1. The van der Waals surface area contributed by atoms with Gasteiger partial charge in [-0.25, -0.2) is 0 Å². The van der Waals surface area contributed by atoms with Gasteiger partial charge in [0.25, 0.3) is 5.91 Å². The summed E-state index contributed by atoms with van der Waals surface area (Å²) in [5.74, 6) is -0.934. The van der Waals surface area contributed by atoms with Crippen LogP contribution in [0.5, 0.6) is 0 Å². The van der Waals surface area contributed by atoms with E-state index in [1.165, 1.54) is 12.1 Å². The molecule has 0 aromatic heterocycles. The van der Waals surface area contributed by atoms with Gasteiger partial charge >= 0.3 is 0 Å². The number of benzene rings is 1. The third kappa shape index (κ3) is 3.89. The molecule has 7 nitrogen and oxygen atoms in total. The van der Waals surface area contributed by atoms with Crippen LogP contribution in [0.25, 0.3) is 0 Å². The Morgan fingerprint density at radius 1 is 1.19 bits per heavy atom. The largest absolute Gasteiger partial charge is 0.355 e. The van der Waals surface area contributed by atoms with Crippen molar-refractivity contribution in [2.75, 3.05) is 20.1 Å². The Labute approximate surface area is 159 Å². The fourth-order valence-corrected chi connectivity index (χ4v) is 3.58. The number of carbonyl (C=O) groups is 3. The highest BCUT2D eigenvalue weighted by molar-refractivity contribution is 6.07. The Morgan fingerprint density at radius 3 is 2.48 bits per heavy atom. The molecule has 146 valence electrons. The highest BCUT2D eigenvalue weighted by atomic mass is 16.7. The monoisotopic (exact) mass is 373 g/mol. The number of nitrogens with one attached hydrogen (secondary N) is 1. The molecule has 3 atom stereocenters. The molecule has 3 unspecified atom stereocenters. The average Bonchev–Trinajstić information content (AvgIpc) is 3.07. The summed E-state index contributed by atoms with van der Waals surface area (Å²) in [5.41, 5.74) is 1.96. The van der Waals surface area contributed by atoms with Crippen LogP contribution in [0.4, 0.5) is 0 Å². The Bertz CT molecular complexity index is 731. The van der Waals surface area contributed by atoms with Crippen molar-refractivity contribution < 1.29 is 19.2 Å². The molecule has 1 N–H and O–H groups in total. The van der Waals surface area contributed by atoms with E-state index in [4.69, 9.17) is 4.84 Å². The van der Waals surface area contributed by atoms with Crippen molar-refractivity contribution in [1.82, 2.24) is 15.3 Å². The molecular weight excluding hydrogens is 346 g/mol. The SMILES string of the molecule is Cc1ccc(C2C3C(=O)N(C)C(=O)C3ON2CC(=O)NCCC(C)C)cc1. The molecule has 2 saturated heterocycles. The summed E-state index contributed by atoms with van der Waals surface area (Å²) >= 11 is 0. The molecule has 1 aromatic carbocycles.